The molecule has 1 aromatic carbocycles. The number of rotatable bonds is 6. The normalized spacial score (nSPS) is 16.8. The van der Waals surface area contributed by atoms with E-state index in [1.54, 1.807) is 24.4 Å². The smallest absolute Gasteiger partial charge is 0.258 e. The van der Waals surface area contributed by atoms with Crippen molar-refractivity contribution in [2.45, 2.75) is 32.2 Å². The molecule has 3 heterocycles. The van der Waals surface area contributed by atoms with Crippen LogP contribution in [0.5, 0.6) is 0 Å². The van der Waals surface area contributed by atoms with E-state index in [0.29, 0.717) is 40.1 Å². The minimum Gasteiger partial charge on any atom is -0.341 e. The fourth-order valence-electron chi connectivity index (χ4n) is 4.03. The number of sulfonamides is 1. The Morgan fingerprint density at radius 2 is 2.12 bits per heavy atom. The van der Waals surface area contributed by atoms with Crippen LogP contribution in [0.25, 0.3) is 11.0 Å². The van der Waals surface area contributed by atoms with Gasteiger partial charge in [-0.25, -0.2) is 13.4 Å². The molecule has 1 saturated heterocycles. The lowest BCUT2D eigenvalue weighted by atomic mass is 10.1. The first kappa shape index (κ1) is 24.2. The number of carbonyl (C=O) groups excluding carboxylic acids is 2. The van der Waals surface area contributed by atoms with Gasteiger partial charge in [0.15, 0.2) is 0 Å². The highest BCUT2D eigenvalue weighted by Gasteiger charge is 2.27. The van der Waals surface area contributed by atoms with Gasteiger partial charge in [0.25, 0.3) is 15.9 Å². The van der Waals surface area contributed by atoms with E-state index in [2.05, 4.69) is 21.6 Å². The third kappa shape index (κ3) is 5.11. The van der Waals surface area contributed by atoms with Gasteiger partial charge in [0.05, 0.1) is 27.7 Å². The number of amides is 2. The van der Waals surface area contributed by atoms with Crippen LogP contribution in [-0.4, -0.2) is 47.8 Å². The Morgan fingerprint density at radius 3 is 2.85 bits per heavy atom. The summed E-state index contributed by atoms with van der Waals surface area (Å²) < 4.78 is 27.7. The number of hydrogen-bond donors (Lipinski definition) is 2. The van der Waals surface area contributed by atoms with Gasteiger partial charge in [-0.1, -0.05) is 24.2 Å². The van der Waals surface area contributed by atoms with E-state index in [0.717, 1.165) is 36.0 Å². The van der Waals surface area contributed by atoms with E-state index in [4.69, 9.17) is 11.6 Å². The summed E-state index contributed by atoms with van der Waals surface area (Å²) in [7, 11) is -3.67. The summed E-state index contributed by atoms with van der Waals surface area (Å²) in [5.41, 5.74) is 1.61. The molecule has 3 aromatic rings. The quantitative estimate of drug-likeness (QED) is 0.497. The van der Waals surface area contributed by atoms with Gasteiger partial charge < -0.3 is 9.47 Å². The van der Waals surface area contributed by atoms with E-state index in [1.807, 2.05) is 15.5 Å². The van der Waals surface area contributed by atoms with Crippen LogP contribution in [-0.2, 0) is 14.8 Å². The van der Waals surface area contributed by atoms with Crippen LogP contribution >= 0.6 is 22.9 Å². The van der Waals surface area contributed by atoms with Crippen molar-refractivity contribution in [1.82, 2.24) is 14.5 Å². The topological polar surface area (TPSA) is 113 Å². The summed E-state index contributed by atoms with van der Waals surface area (Å²) in [6.45, 7) is 5.99. The Morgan fingerprint density at radius 1 is 1.32 bits per heavy atom. The highest BCUT2D eigenvalue weighted by Crippen LogP contribution is 2.34. The highest BCUT2D eigenvalue weighted by molar-refractivity contribution is 7.95. The number of carbonyl (C=O) groups is 2. The molecule has 1 aliphatic heterocycles. The molecule has 4 rings (SSSR count). The zero-order valence-electron chi connectivity index (χ0n) is 18.5. The molecule has 0 spiro atoms. The van der Waals surface area contributed by atoms with Gasteiger partial charge in [-0.15, -0.1) is 11.3 Å². The van der Waals surface area contributed by atoms with E-state index in [9.17, 15) is 18.0 Å². The molecular weight excluding hydrogens is 498 g/mol. The van der Waals surface area contributed by atoms with Gasteiger partial charge in [-0.05, 0) is 37.5 Å². The zero-order chi connectivity index (χ0) is 24.5. The second-order valence-electron chi connectivity index (χ2n) is 8.00. The molecule has 34 heavy (non-hydrogen) atoms. The molecule has 12 heteroatoms. The molecule has 0 bridgehead atoms. The number of aromatic nitrogens is 2. The molecule has 2 aromatic heterocycles. The Labute approximate surface area is 206 Å². The zero-order valence-corrected chi connectivity index (χ0v) is 20.8. The molecule has 0 radical (unpaired) electrons. The lowest BCUT2D eigenvalue weighted by molar-refractivity contribution is -0.129. The largest absolute Gasteiger partial charge is 0.341 e. The number of halogens is 1. The van der Waals surface area contributed by atoms with Crippen LogP contribution in [0, 0.1) is 0 Å². The van der Waals surface area contributed by atoms with E-state index in [-0.39, 0.29) is 17.5 Å². The standard InChI is InChI=1S/C22H24ClN5O4S2/c1-3-34(31,32)26-19-11-15(13-33-19)21(30)25-22-24-18-9-6-8-17(23)20(18)28(22)16-7-4-5-10-27(12-16)14(2)29/h3,6,8-9,11,13,16,26H,1,4-5,7,10,12H2,2H3,(H,24,25,30)/t16-/m1/s1. The van der Waals surface area contributed by atoms with Crippen molar-refractivity contribution in [3.63, 3.8) is 0 Å². The van der Waals surface area contributed by atoms with E-state index < -0.39 is 15.9 Å². The molecule has 2 amide bonds. The third-order valence-corrected chi connectivity index (χ3v) is 7.89. The number of nitrogens with zero attached hydrogens (tertiary/aromatic N) is 3. The van der Waals surface area contributed by atoms with Crippen LogP contribution in [0.3, 0.4) is 0 Å². The average Bonchev–Trinajstić information content (AvgIpc) is 3.30. The Balaban J connectivity index is 1.69. The maximum absolute atomic E-state index is 13.0. The summed E-state index contributed by atoms with van der Waals surface area (Å²) in [6.07, 6.45) is 2.62. The van der Waals surface area contributed by atoms with Crippen LogP contribution in [0.4, 0.5) is 10.9 Å². The van der Waals surface area contributed by atoms with Gasteiger partial charge in [-0.2, -0.15) is 0 Å². The summed E-state index contributed by atoms with van der Waals surface area (Å²) in [5.74, 6) is -0.117. The molecule has 0 aliphatic carbocycles. The molecule has 9 nitrogen and oxygen atoms in total. The van der Waals surface area contributed by atoms with Crippen molar-refractivity contribution in [3.8, 4) is 0 Å². The van der Waals surface area contributed by atoms with Crippen LogP contribution < -0.4 is 10.0 Å². The number of thiophene rings is 1. The molecule has 2 N–H and O–H groups in total. The number of imidazole rings is 1. The first-order valence-electron chi connectivity index (χ1n) is 10.7. The van der Waals surface area contributed by atoms with Crippen LogP contribution in [0.2, 0.25) is 5.02 Å². The third-order valence-electron chi connectivity index (χ3n) is 5.67. The van der Waals surface area contributed by atoms with Gasteiger partial charge in [0.2, 0.25) is 11.9 Å². The fraction of sp³-hybridized carbons (Fsp3) is 0.318. The van der Waals surface area contributed by atoms with E-state index >= 15 is 0 Å². The van der Waals surface area contributed by atoms with Crippen LogP contribution in [0.1, 0.15) is 42.6 Å². The van der Waals surface area contributed by atoms with Gasteiger partial charge in [0, 0.05) is 30.8 Å². The van der Waals surface area contributed by atoms with Crippen molar-refractivity contribution >= 4 is 66.8 Å². The van der Waals surface area contributed by atoms with Crippen molar-refractivity contribution < 1.29 is 18.0 Å². The van der Waals surface area contributed by atoms with Crippen molar-refractivity contribution in [1.29, 1.82) is 0 Å². The number of fused-ring (bicyclic) bond motifs is 1. The van der Waals surface area contributed by atoms with E-state index in [1.165, 1.54) is 6.07 Å². The molecule has 1 aliphatic rings. The van der Waals surface area contributed by atoms with Crippen molar-refractivity contribution in [3.05, 3.63) is 52.2 Å². The van der Waals surface area contributed by atoms with Gasteiger partial charge in [-0.3, -0.25) is 19.6 Å². The van der Waals surface area contributed by atoms with Crippen molar-refractivity contribution in [2.75, 3.05) is 23.1 Å². The number of nitrogens with one attached hydrogen (secondary N) is 2. The number of anilines is 2. The molecule has 0 saturated carbocycles. The predicted octanol–water partition coefficient (Wildman–Crippen LogP) is 4.46. The summed E-state index contributed by atoms with van der Waals surface area (Å²) in [6, 6.07) is 6.71. The minimum atomic E-state index is -3.67. The number of likely N-dealkylation sites (tertiary alicyclic amines) is 1. The van der Waals surface area contributed by atoms with Crippen LogP contribution in [0.15, 0.2) is 41.6 Å². The highest BCUT2D eigenvalue weighted by atomic mass is 35.5. The fourth-order valence-corrected chi connectivity index (χ4v) is 5.88. The summed E-state index contributed by atoms with van der Waals surface area (Å²) in [5, 5.41) is 6.01. The maximum atomic E-state index is 13.0. The van der Waals surface area contributed by atoms with Crippen molar-refractivity contribution in [2.24, 2.45) is 0 Å². The van der Waals surface area contributed by atoms with Gasteiger partial charge >= 0.3 is 0 Å². The molecule has 1 fully saturated rings. The number of benzene rings is 1. The molecule has 180 valence electrons. The first-order chi connectivity index (χ1) is 16.2. The molecule has 1 atom stereocenters. The average molecular weight is 522 g/mol. The Kier molecular flexibility index (Phi) is 6.96. The predicted molar refractivity (Wildman–Crippen MR) is 135 cm³/mol. The second kappa shape index (κ2) is 9.77. The summed E-state index contributed by atoms with van der Waals surface area (Å²) in [4.78, 5) is 31.6. The molecule has 0 unspecified atom stereocenters. The molecular formula is C22H24ClN5O4S2. The number of para-hydroxylation sites is 1. The number of hydrogen-bond acceptors (Lipinski definition) is 6. The lowest BCUT2D eigenvalue weighted by Crippen LogP contribution is -2.34. The minimum absolute atomic E-state index is 0.000724. The first-order valence-corrected chi connectivity index (χ1v) is 13.5. The van der Waals surface area contributed by atoms with Gasteiger partial charge in [0.1, 0.15) is 5.00 Å². The monoisotopic (exact) mass is 521 g/mol. The Hall–Kier alpha value is -2.89. The maximum Gasteiger partial charge on any atom is 0.258 e. The second-order valence-corrected chi connectivity index (χ2v) is 10.9. The summed E-state index contributed by atoms with van der Waals surface area (Å²) >= 11 is 7.63. The SMILES string of the molecule is C=CS(=O)(=O)Nc1cc(C(=O)Nc2nc3cccc(Cl)c3n2[C@@H]2CCCCN(C(C)=O)C2)cs1. The Bertz CT molecular complexity index is 1360. The lowest BCUT2D eigenvalue weighted by Gasteiger charge is -2.26.